The maximum absolute atomic E-state index is 11.2. The quantitative estimate of drug-likeness (QED) is 0.723. The number of aromatic amines is 1. The molecule has 0 radical (unpaired) electrons. The van der Waals surface area contributed by atoms with Gasteiger partial charge in [-0.25, -0.2) is 5.10 Å². The maximum Gasteiger partial charge on any atom is 0.282 e. The second kappa shape index (κ2) is 2.71. The molecule has 0 amide bonds. The predicted octanol–water partition coefficient (Wildman–Crippen LogP) is 1.55. The third-order valence-corrected chi connectivity index (χ3v) is 2.72. The molecule has 0 saturated carbocycles. The molecule has 4 heteroatoms. The summed E-state index contributed by atoms with van der Waals surface area (Å²) in [6, 6.07) is 1.95. The number of aromatic nitrogens is 2. The molecule has 0 saturated heterocycles. The van der Waals surface area contributed by atoms with Gasteiger partial charge in [-0.05, 0) is 17.9 Å². The first kappa shape index (κ1) is 7.49. The molecule has 0 fully saturated rings. The Hall–Kier alpha value is -1.16. The smallest absolute Gasteiger partial charge is 0.266 e. The fourth-order valence-corrected chi connectivity index (χ4v) is 2.02. The Bertz CT molecular complexity index is 457. The second-order valence-electron chi connectivity index (χ2n) is 2.52. The van der Waals surface area contributed by atoms with E-state index in [0.717, 1.165) is 22.2 Å². The molecule has 0 atom stereocenters. The Kier molecular flexibility index (Phi) is 1.69. The molecule has 0 aromatic carbocycles. The Morgan fingerprint density at radius 2 is 2.50 bits per heavy atom. The van der Waals surface area contributed by atoms with Gasteiger partial charge in [-0.2, -0.15) is 5.10 Å². The van der Waals surface area contributed by atoms with Crippen molar-refractivity contribution >= 4 is 21.4 Å². The number of hydrogen-bond donors (Lipinski definition) is 1. The van der Waals surface area contributed by atoms with E-state index in [1.54, 1.807) is 0 Å². The molecule has 0 aliphatic heterocycles. The van der Waals surface area contributed by atoms with Crippen molar-refractivity contribution in [3.8, 4) is 0 Å². The van der Waals surface area contributed by atoms with Crippen molar-refractivity contribution in [1.82, 2.24) is 10.2 Å². The van der Waals surface area contributed by atoms with Gasteiger partial charge in [0.15, 0.2) is 0 Å². The lowest BCUT2D eigenvalue weighted by atomic mass is 10.2. The largest absolute Gasteiger partial charge is 0.282 e. The molecule has 3 nitrogen and oxygen atoms in total. The van der Waals surface area contributed by atoms with E-state index in [9.17, 15) is 4.79 Å². The van der Waals surface area contributed by atoms with E-state index < -0.39 is 0 Å². The van der Waals surface area contributed by atoms with Gasteiger partial charge in [-0.1, -0.05) is 6.92 Å². The average Bonchev–Trinajstić information content (AvgIpc) is 2.54. The molecule has 62 valence electrons. The van der Waals surface area contributed by atoms with Crippen molar-refractivity contribution < 1.29 is 0 Å². The van der Waals surface area contributed by atoms with Gasteiger partial charge in [0.1, 0.15) is 4.70 Å². The minimum absolute atomic E-state index is 0.0859. The molecule has 0 aliphatic rings. The van der Waals surface area contributed by atoms with Crippen LogP contribution >= 0.6 is 11.3 Å². The lowest BCUT2D eigenvalue weighted by molar-refractivity contribution is 0.921. The van der Waals surface area contributed by atoms with Crippen molar-refractivity contribution in [2.45, 2.75) is 13.3 Å². The minimum atomic E-state index is -0.0859. The Balaban J connectivity index is 2.92. The van der Waals surface area contributed by atoms with Crippen LogP contribution in [0.4, 0.5) is 0 Å². The summed E-state index contributed by atoms with van der Waals surface area (Å²) in [6.07, 6.45) is 0.851. The fraction of sp³-hybridized carbons (Fsp3) is 0.250. The first-order valence-electron chi connectivity index (χ1n) is 3.77. The Morgan fingerprint density at radius 3 is 3.25 bits per heavy atom. The number of nitrogens with zero attached hydrogens (tertiary/aromatic N) is 1. The van der Waals surface area contributed by atoms with Gasteiger partial charge in [0.05, 0.1) is 5.69 Å². The van der Waals surface area contributed by atoms with Crippen LogP contribution in [0, 0.1) is 0 Å². The lowest BCUT2D eigenvalue weighted by Crippen LogP contribution is -2.08. The number of H-pyrrole nitrogens is 1. The first-order valence-corrected chi connectivity index (χ1v) is 4.65. The lowest BCUT2D eigenvalue weighted by Gasteiger charge is -1.95. The predicted molar refractivity (Wildman–Crippen MR) is 49.6 cm³/mol. The van der Waals surface area contributed by atoms with E-state index in [1.807, 2.05) is 18.4 Å². The topological polar surface area (TPSA) is 45.8 Å². The van der Waals surface area contributed by atoms with Crippen molar-refractivity contribution in [1.29, 1.82) is 0 Å². The van der Waals surface area contributed by atoms with Gasteiger partial charge in [-0.3, -0.25) is 4.79 Å². The standard InChI is InChI=1S/C8H8N2OS/c1-2-6-5-3-4-12-7(5)8(11)10-9-6/h3-4H,2H2,1H3,(H,10,11). The number of hydrogen-bond acceptors (Lipinski definition) is 3. The van der Waals surface area contributed by atoms with Crippen LogP contribution in [0.2, 0.25) is 0 Å². The van der Waals surface area contributed by atoms with Gasteiger partial charge in [0.25, 0.3) is 5.56 Å². The molecule has 0 spiro atoms. The summed E-state index contributed by atoms with van der Waals surface area (Å²) in [5, 5.41) is 9.36. The van der Waals surface area contributed by atoms with E-state index in [2.05, 4.69) is 10.2 Å². The van der Waals surface area contributed by atoms with Crippen LogP contribution in [-0.4, -0.2) is 10.2 Å². The highest BCUT2D eigenvalue weighted by Gasteiger charge is 2.04. The molecule has 0 bridgehead atoms. The van der Waals surface area contributed by atoms with Gasteiger partial charge in [0, 0.05) is 5.39 Å². The van der Waals surface area contributed by atoms with E-state index in [0.29, 0.717) is 0 Å². The van der Waals surface area contributed by atoms with Gasteiger partial charge in [-0.15, -0.1) is 11.3 Å². The molecule has 1 N–H and O–H groups in total. The average molecular weight is 180 g/mol. The summed E-state index contributed by atoms with van der Waals surface area (Å²) in [5.74, 6) is 0. The summed E-state index contributed by atoms with van der Waals surface area (Å²) in [6.45, 7) is 2.03. The molecule has 2 aromatic rings. The number of thiophene rings is 1. The highest BCUT2D eigenvalue weighted by molar-refractivity contribution is 7.17. The SMILES string of the molecule is CCc1n[nH]c(=O)c2sccc12. The normalized spacial score (nSPS) is 10.8. The summed E-state index contributed by atoms with van der Waals surface area (Å²) in [7, 11) is 0. The van der Waals surface area contributed by atoms with Gasteiger partial charge in [0.2, 0.25) is 0 Å². The van der Waals surface area contributed by atoms with Crippen LogP contribution in [0.25, 0.3) is 10.1 Å². The van der Waals surface area contributed by atoms with Crippen LogP contribution in [0.15, 0.2) is 16.2 Å². The second-order valence-corrected chi connectivity index (χ2v) is 3.43. The van der Waals surface area contributed by atoms with Gasteiger partial charge >= 0.3 is 0 Å². The molecular formula is C8H8N2OS. The van der Waals surface area contributed by atoms with Crippen molar-refractivity contribution in [3.05, 3.63) is 27.5 Å². The monoisotopic (exact) mass is 180 g/mol. The zero-order valence-corrected chi connectivity index (χ0v) is 7.44. The molecule has 2 heterocycles. The fourth-order valence-electron chi connectivity index (χ4n) is 1.21. The Labute approximate surface area is 73.1 Å². The molecule has 0 aliphatic carbocycles. The van der Waals surface area contributed by atoms with Crippen LogP contribution in [-0.2, 0) is 6.42 Å². The number of nitrogens with one attached hydrogen (secondary N) is 1. The van der Waals surface area contributed by atoms with Gasteiger partial charge < -0.3 is 0 Å². The van der Waals surface area contributed by atoms with Crippen LogP contribution in [0.5, 0.6) is 0 Å². The highest BCUT2D eigenvalue weighted by atomic mass is 32.1. The Morgan fingerprint density at radius 1 is 1.67 bits per heavy atom. The first-order chi connectivity index (χ1) is 5.83. The van der Waals surface area contributed by atoms with Crippen molar-refractivity contribution in [2.24, 2.45) is 0 Å². The molecule has 12 heavy (non-hydrogen) atoms. The maximum atomic E-state index is 11.2. The van der Waals surface area contributed by atoms with Crippen LogP contribution in [0.1, 0.15) is 12.6 Å². The third-order valence-electron chi connectivity index (χ3n) is 1.81. The van der Waals surface area contributed by atoms with Crippen molar-refractivity contribution in [3.63, 3.8) is 0 Å². The van der Waals surface area contributed by atoms with Crippen molar-refractivity contribution in [2.75, 3.05) is 0 Å². The van der Waals surface area contributed by atoms with E-state index >= 15 is 0 Å². The summed E-state index contributed by atoms with van der Waals surface area (Å²) in [5.41, 5.74) is 0.878. The molecular weight excluding hydrogens is 172 g/mol. The highest BCUT2D eigenvalue weighted by Crippen LogP contribution is 2.18. The number of rotatable bonds is 1. The van der Waals surface area contributed by atoms with E-state index in [4.69, 9.17) is 0 Å². The summed E-state index contributed by atoms with van der Waals surface area (Å²) >= 11 is 1.46. The molecule has 0 unspecified atom stereocenters. The summed E-state index contributed by atoms with van der Waals surface area (Å²) < 4.78 is 0.779. The molecule has 2 aromatic heterocycles. The zero-order valence-electron chi connectivity index (χ0n) is 6.63. The van der Waals surface area contributed by atoms with Crippen LogP contribution in [0.3, 0.4) is 0 Å². The number of aryl methyl sites for hydroxylation is 1. The zero-order chi connectivity index (χ0) is 8.55. The molecule has 2 rings (SSSR count). The van der Waals surface area contributed by atoms with E-state index in [-0.39, 0.29) is 5.56 Å². The minimum Gasteiger partial charge on any atom is -0.266 e. The summed E-state index contributed by atoms with van der Waals surface area (Å²) in [4.78, 5) is 11.2. The van der Waals surface area contributed by atoms with E-state index in [1.165, 1.54) is 11.3 Å². The van der Waals surface area contributed by atoms with Crippen LogP contribution < -0.4 is 5.56 Å². The third kappa shape index (κ3) is 0.956. The number of fused-ring (bicyclic) bond motifs is 1.